The first-order valence-corrected chi connectivity index (χ1v) is 11.6. The summed E-state index contributed by atoms with van der Waals surface area (Å²) in [5, 5.41) is 9.10. The number of aliphatic imine (C=N–C) groups is 1. The van der Waals surface area contributed by atoms with Crippen molar-refractivity contribution in [1.82, 2.24) is 20.4 Å². The van der Waals surface area contributed by atoms with Crippen LogP contribution in [-0.4, -0.2) is 62.1 Å². The Hall–Kier alpha value is -1.89. The Morgan fingerprint density at radius 1 is 1.03 bits per heavy atom. The Kier molecular flexibility index (Phi) is 8.52. The SMILES string of the molecule is CCN1CCN(Cc2ccccc2CNC(=NC)NCC(C)c2cccs2)CC1. The van der Waals surface area contributed by atoms with E-state index in [0.29, 0.717) is 5.92 Å². The van der Waals surface area contributed by atoms with E-state index in [0.717, 1.165) is 45.2 Å². The van der Waals surface area contributed by atoms with E-state index in [9.17, 15) is 0 Å². The van der Waals surface area contributed by atoms with E-state index in [1.54, 1.807) is 0 Å². The van der Waals surface area contributed by atoms with E-state index in [1.165, 1.54) is 29.1 Å². The molecule has 29 heavy (non-hydrogen) atoms. The van der Waals surface area contributed by atoms with Gasteiger partial charge in [0.2, 0.25) is 0 Å². The van der Waals surface area contributed by atoms with E-state index in [4.69, 9.17) is 0 Å². The normalized spacial score (nSPS) is 17.3. The summed E-state index contributed by atoms with van der Waals surface area (Å²) in [6.45, 7) is 13.0. The molecule has 0 saturated carbocycles. The van der Waals surface area contributed by atoms with E-state index in [-0.39, 0.29) is 0 Å². The minimum Gasteiger partial charge on any atom is -0.356 e. The van der Waals surface area contributed by atoms with Gasteiger partial charge in [-0.15, -0.1) is 11.3 Å². The summed E-state index contributed by atoms with van der Waals surface area (Å²) in [5.41, 5.74) is 2.76. The fourth-order valence-electron chi connectivity index (χ4n) is 3.71. The van der Waals surface area contributed by atoms with Gasteiger partial charge in [0.25, 0.3) is 0 Å². The van der Waals surface area contributed by atoms with Crippen molar-refractivity contribution in [2.45, 2.75) is 32.9 Å². The van der Waals surface area contributed by atoms with Crippen molar-refractivity contribution in [3.63, 3.8) is 0 Å². The molecule has 0 amide bonds. The van der Waals surface area contributed by atoms with Gasteiger partial charge in [-0.25, -0.2) is 0 Å². The molecule has 6 heteroatoms. The van der Waals surface area contributed by atoms with Crippen LogP contribution < -0.4 is 10.6 Å². The fourth-order valence-corrected chi connectivity index (χ4v) is 4.50. The predicted octanol–water partition coefficient (Wildman–Crippen LogP) is 3.35. The van der Waals surface area contributed by atoms with Crippen molar-refractivity contribution < 1.29 is 0 Å². The summed E-state index contributed by atoms with van der Waals surface area (Å²) in [5.74, 6) is 1.34. The van der Waals surface area contributed by atoms with Crippen LogP contribution in [0.25, 0.3) is 0 Å². The first-order chi connectivity index (χ1) is 14.2. The summed E-state index contributed by atoms with van der Waals surface area (Å²) in [4.78, 5) is 10.9. The maximum Gasteiger partial charge on any atom is 0.191 e. The van der Waals surface area contributed by atoms with Crippen LogP contribution in [0.3, 0.4) is 0 Å². The van der Waals surface area contributed by atoms with Gasteiger partial charge in [-0.3, -0.25) is 9.89 Å². The number of benzene rings is 1. The molecule has 2 aromatic rings. The molecule has 0 bridgehead atoms. The van der Waals surface area contributed by atoms with Crippen LogP contribution in [0.4, 0.5) is 0 Å². The number of guanidine groups is 1. The largest absolute Gasteiger partial charge is 0.356 e. The maximum absolute atomic E-state index is 4.40. The molecule has 3 rings (SSSR count). The molecule has 1 aromatic carbocycles. The van der Waals surface area contributed by atoms with Crippen LogP contribution in [0, 0.1) is 0 Å². The molecule has 1 saturated heterocycles. The Bertz CT molecular complexity index is 750. The van der Waals surface area contributed by atoms with Crippen molar-refractivity contribution in [2.75, 3.05) is 46.3 Å². The topological polar surface area (TPSA) is 42.9 Å². The van der Waals surface area contributed by atoms with Crippen molar-refractivity contribution in [3.8, 4) is 0 Å². The third kappa shape index (κ3) is 6.56. The Morgan fingerprint density at radius 2 is 1.76 bits per heavy atom. The van der Waals surface area contributed by atoms with E-state index in [2.05, 4.69) is 81.1 Å². The number of hydrogen-bond acceptors (Lipinski definition) is 4. The molecule has 0 radical (unpaired) electrons. The molecule has 1 atom stereocenters. The second kappa shape index (κ2) is 11.3. The molecule has 1 aromatic heterocycles. The van der Waals surface area contributed by atoms with Crippen LogP contribution >= 0.6 is 11.3 Å². The molecule has 1 aliphatic rings. The summed E-state index contributed by atoms with van der Waals surface area (Å²) in [6.07, 6.45) is 0. The fraction of sp³-hybridized carbons (Fsp3) is 0.522. The van der Waals surface area contributed by atoms with Crippen molar-refractivity contribution >= 4 is 17.3 Å². The van der Waals surface area contributed by atoms with Gasteiger partial charge in [-0.2, -0.15) is 0 Å². The highest BCUT2D eigenvalue weighted by atomic mass is 32.1. The quantitative estimate of drug-likeness (QED) is 0.514. The lowest BCUT2D eigenvalue weighted by Gasteiger charge is -2.34. The predicted molar refractivity (Wildman–Crippen MR) is 125 cm³/mol. The molecular weight excluding hydrogens is 378 g/mol. The lowest BCUT2D eigenvalue weighted by atomic mass is 10.1. The molecule has 0 spiro atoms. The van der Waals surface area contributed by atoms with Crippen LogP contribution in [0.5, 0.6) is 0 Å². The first-order valence-electron chi connectivity index (χ1n) is 10.7. The number of nitrogens with one attached hydrogen (secondary N) is 2. The molecule has 1 aliphatic heterocycles. The van der Waals surface area contributed by atoms with Crippen LogP contribution in [0.15, 0.2) is 46.8 Å². The van der Waals surface area contributed by atoms with E-state index in [1.807, 2.05) is 18.4 Å². The van der Waals surface area contributed by atoms with E-state index >= 15 is 0 Å². The summed E-state index contributed by atoms with van der Waals surface area (Å²) in [6, 6.07) is 13.1. The maximum atomic E-state index is 4.40. The van der Waals surface area contributed by atoms with Gasteiger partial charge in [-0.05, 0) is 29.1 Å². The number of likely N-dealkylation sites (N-methyl/N-ethyl adjacent to an activating group) is 1. The highest BCUT2D eigenvalue weighted by Gasteiger charge is 2.16. The van der Waals surface area contributed by atoms with E-state index < -0.39 is 0 Å². The van der Waals surface area contributed by atoms with Gasteiger partial charge in [0.1, 0.15) is 0 Å². The highest BCUT2D eigenvalue weighted by molar-refractivity contribution is 7.10. The Morgan fingerprint density at radius 3 is 2.41 bits per heavy atom. The monoisotopic (exact) mass is 413 g/mol. The lowest BCUT2D eigenvalue weighted by Crippen LogP contribution is -2.45. The van der Waals surface area contributed by atoms with Crippen LogP contribution in [0.1, 0.15) is 35.8 Å². The smallest absolute Gasteiger partial charge is 0.191 e. The second-order valence-corrected chi connectivity index (χ2v) is 8.68. The third-order valence-electron chi connectivity index (χ3n) is 5.70. The molecular formula is C23H35N5S. The second-order valence-electron chi connectivity index (χ2n) is 7.70. The van der Waals surface area contributed by atoms with Gasteiger partial charge >= 0.3 is 0 Å². The van der Waals surface area contributed by atoms with Gasteiger partial charge in [0.15, 0.2) is 5.96 Å². The zero-order valence-corrected chi connectivity index (χ0v) is 18.8. The molecule has 158 valence electrons. The standard InChI is InChI=1S/C23H35N5S/c1-4-27-11-13-28(14-12-27)18-21-9-6-5-8-20(21)17-26-23(24-3)25-16-19(2)22-10-7-15-29-22/h5-10,15,19H,4,11-14,16-18H2,1-3H3,(H2,24,25,26). The average Bonchev–Trinajstić information content (AvgIpc) is 3.30. The zero-order valence-electron chi connectivity index (χ0n) is 18.0. The zero-order chi connectivity index (χ0) is 20.5. The van der Waals surface area contributed by atoms with Crippen LogP contribution in [-0.2, 0) is 13.1 Å². The number of thiophene rings is 1. The minimum atomic E-state index is 0.475. The van der Waals surface area contributed by atoms with Gasteiger partial charge in [0.05, 0.1) is 0 Å². The molecule has 1 unspecified atom stereocenters. The summed E-state index contributed by atoms with van der Waals surface area (Å²) in [7, 11) is 1.84. The van der Waals surface area contributed by atoms with Crippen molar-refractivity contribution in [2.24, 2.45) is 4.99 Å². The average molecular weight is 414 g/mol. The summed E-state index contributed by atoms with van der Waals surface area (Å²) >= 11 is 1.81. The van der Waals surface area contributed by atoms with Gasteiger partial charge < -0.3 is 15.5 Å². The molecule has 1 fully saturated rings. The van der Waals surface area contributed by atoms with Crippen LogP contribution in [0.2, 0.25) is 0 Å². The minimum absolute atomic E-state index is 0.475. The number of nitrogens with zero attached hydrogens (tertiary/aromatic N) is 3. The lowest BCUT2D eigenvalue weighted by molar-refractivity contribution is 0.131. The third-order valence-corrected chi connectivity index (χ3v) is 6.80. The molecule has 2 heterocycles. The molecule has 0 aliphatic carbocycles. The Balaban J connectivity index is 1.50. The first kappa shape index (κ1) is 21.8. The number of rotatable bonds is 8. The Labute approximate surface area is 179 Å². The molecule has 2 N–H and O–H groups in total. The number of hydrogen-bond donors (Lipinski definition) is 2. The van der Waals surface area contributed by atoms with Gasteiger partial charge in [0, 0.05) is 63.7 Å². The highest BCUT2D eigenvalue weighted by Crippen LogP contribution is 2.19. The summed E-state index contributed by atoms with van der Waals surface area (Å²) < 4.78 is 0. The van der Waals surface area contributed by atoms with Gasteiger partial charge in [-0.1, -0.05) is 44.2 Å². The van der Waals surface area contributed by atoms with Crippen molar-refractivity contribution in [3.05, 3.63) is 57.8 Å². The molecule has 5 nitrogen and oxygen atoms in total. The van der Waals surface area contributed by atoms with Crippen molar-refractivity contribution in [1.29, 1.82) is 0 Å². The number of piperazine rings is 1.